The van der Waals surface area contributed by atoms with Crippen molar-refractivity contribution in [1.82, 2.24) is 5.32 Å². The first-order chi connectivity index (χ1) is 8.56. The Morgan fingerprint density at radius 1 is 1.44 bits per heavy atom. The Labute approximate surface area is 108 Å². The Balaban J connectivity index is 1.97. The van der Waals surface area contributed by atoms with E-state index in [1.807, 2.05) is 6.92 Å². The molecule has 1 fully saturated rings. The zero-order valence-corrected chi connectivity index (χ0v) is 11.2. The van der Waals surface area contributed by atoms with Crippen molar-refractivity contribution in [2.24, 2.45) is 5.41 Å². The van der Waals surface area contributed by atoms with Crippen LogP contribution in [0.1, 0.15) is 51.1 Å². The third-order valence-electron chi connectivity index (χ3n) is 4.41. The van der Waals surface area contributed by atoms with E-state index in [0.29, 0.717) is 5.41 Å². The van der Waals surface area contributed by atoms with Gasteiger partial charge in [0.2, 0.25) is 0 Å². The Morgan fingerprint density at radius 3 is 2.67 bits per heavy atom. The number of hydrogen-bond donors (Lipinski definition) is 2. The first-order valence-electron chi connectivity index (χ1n) is 6.78. The van der Waals surface area contributed by atoms with Gasteiger partial charge >= 0.3 is 0 Å². The molecule has 1 unspecified atom stereocenters. The van der Waals surface area contributed by atoms with Crippen molar-refractivity contribution in [1.29, 1.82) is 0 Å². The van der Waals surface area contributed by atoms with Gasteiger partial charge in [-0.15, -0.1) is 0 Å². The SMILES string of the molecule is CCC1(CNC(C)c2ccc(F)cc2O)CCC1. The second-order valence-corrected chi connectivity index (χ2v) is 5.51. The lowest BCUT2D eigenvalue weighted by Gasteiger charge is -2.42. The van der Waals surface area contributed by atoms with E-state index in [-0.39, 0.29) is 11.8 Å². The second-order valence-electron chi connectivity index (χ2n) is 5.51. The van der Waals surface area contributed by atoms with Crippen LogP contribution < -0.4 is 5.32 Å². The molecular formula is C15H22FNO. The van der Waals surface area contributed by atoms with Gasteiger partial charge in [0.1, 0.15) is 11.6 Å². The predicted octanol–water partition coefficient (Wildman–Crippen LogP) is 3.76. The summed E-state index contributed by atoms with van der Waals surface area (Å²) >= 11 is 0. The molecule has 1 atom stereocenters. The molecule has 0 aliphatic heterocycles. The number of nitrogens with one attached hydrogen (secondary N) is 1. The Hall–Kier alpha value is -1.09. The molecule has 0 aromatic heterocycles. The van der Waals surface area contributed by atoms with E-state index in [2.05, 4.69) is 12.2 Å². The zero-order valence-electron chi connectivity index (χ0n) is 11.2. The summed E-state index contributed by atoms with van der Waals surface area (Å²) in [4.78, 5) is 0. The average molecular weight is 251 g/mol. The molecule has 100 valence electrons. The van der Waals surface area contributed by atoms with Crippen LogP contribution in [0.25, 0.3) is 0 Å². The van der Waals surface area contributed by atoms with Crippen molar-refractivity contribution in [3.8, 4) is 5.75 Å². The number of phenolic OH excluding ortho intramolecular Hbond substituents is 1. The summed E-state index contributed by atoms with van der Waals surface area (Å²) in [5.41, 5.74) is 1.21. The minimum atomic E-state index is -0.396. The topological polar surface area (TPSA) is 32.3 Å². The van der Waals surface area contributed by atoms with Gasteiger partial charge in [0.05, 0.1) is 0 Å². The van der Waals surface area contributed by atoms with Crippen LogP contribution in [-0.2, 0) is 0 Å². The predicted molar refractivity (Wildman–Crippen MR) is 71.1 cm³/mol. The van der Waals surface area contributed by atoms with E-state index in [1.165, 1.54) is 37.8 Å². The first-order valence-corrected chi connectivity index (χ1v) is 6.78. The van der Waals surface area contributed by atoms with Crippen LogP contribution >= 0.6 is 0 Å². The number of hydrogen-bond acceptors (Lipinski definition) is 2. The Bertz CT molecular complexity index is 409. The highest BCUT2D eigenvalue weighted by atomic mass is 19.1. The van der Waals surface area contributed by atoms with Crippen LogP contribution in [0.4, 0.5) is 4.39 Å². The summed E-state index contributed by atoms with van der Waals surface area (Å²) in [6.45, 7) is 5.22. The van der Waals surface area contributed by atoms with Crippen LogP contribution in [0.15, 0.2) is 18.2 Å². The van der Waals surface area contributed by atoms with Gasteiger partial charge in [0.25, 0.3) is 0 Å². The fraction of sp³-hybridized carbons (Fsp3) is 0.600. The van der Waals surface area contributed by atoms with E-state index >= 15 is 0 Å². The number of phenols is 1. The molecule has 2 nitrogen and oxygen atoms in total. The van der Waals surface area contributed by atoms with Crippen molar-refractivity contribution in [2.45, 2.75) is 45.6 Å². The lowest BCUT2D eigenvalue weighted by atomic mass is 9.67. The highest BCUT2D eigenvalue weighted by molar-refractivity contribution is 5.34. The van der Waals surface area contributed by atoms with E-state index < -0.39 is 5.82 Å². The highest BCUT2D eigenvalue weighted by Gasteiger charge is 2.34. The normalized spacial score (nSPS) is 19.3. The van der Waals surface area contributed by atoms with Crippen molar-refractivity contribution in [3.05, 3.63) is 29.6 Å². The number of halogens is 1. The zero-order chi connectivity index (χ0) is 13.2. The van der Waals surface area contributed by atoms with E-state index in [9.17, 15) is 9.50 Å². The Morgan fingerprint density at radius 2 is 2.17 bits per heavy atom. The molecule has 0 spiro atoms. The molecule has 0 saturated heterocycles. The third-order valence-corrected chi connectivity index (χ3v) is 4.41. The van der Waals surface area contributed by atoms with Crippen molar-refractivity contribution >= 4 is 0 Å². The largest absolute Gasteiger partial charge is 0.508 e. The molecule has 1 aliphatic carbocycles. The maximum absolute atomic E-state index is 12.9. The van der Waals surface area contributed by atoms with Gasteiger partial charge in [-0.2, -0.15) is 0 Å². The summed E-state index contributed by atoms with van der Waals surface area (Å²) in [5.74, 6) is -0.360. The molecule has 2 rings (SSSR count). The van der Waals surface area contributed by atoms with Gasteiger partial charge in [0.15, 0.2) is 0 Å². The number of aromatic hydroxyl groups is 1. The molecule has 1 aromatic rings. The molecular weight excluding hydrogens is 229 g/mol. The lowest BCUT2D eigenvalue weighted by molar-refractivity contribution is 0.120. The van der Waals surface area contributed by atoms with Crippen molar-refractivity contribution in [3.63, 3.8) is 0 Å². The molecule has 0 amide bonds. The third kappa shape index (κ3) is 2.66. The van der Waals surface area contributed by atoms with Crippen LogP contribution in [0.5, 0.6) is 5.75 Å². The summed E-state index contributed by atoms with van der Waals surface area (Å²) in [6.07, 6.45) is 5.10. The first kappa shape index (κ1) is 13.3. The van der Waals surface area contributed by atoms with E-state index in [1.54, 1.807) is 6.07 Å². The van der Waals surface area contributed by atoms with Gasteiger partial charge in [-0.3, -0.25) is 0 Å². The van der Waals surface area contributed by atoms with Gasteiger partial charge < -0.3 is 10.4 Å². The van der Waals surface area contributed by atoms with Crippen LogP contribution in [0.2, 0.25) is 0 Å². The summed E-state index contributed by atoms with van der Waals surface area (Å²) in [6, 6.07) is 4.27. The summed E-state index contributed by atoms with van der Waals surface area (Å²) in [7, 11) is 0. The number of rotatable bonds is 5. The minimum Gasteiger partial charge on any atom is -0.508 e. The van der Waals surface area contributed by atoms with Gasteiger partial charge in [-0.1, -0.05) is 19.4 Å². The molecule has 18 heavy (non-hydrogen) atoms. The average Bonchev–Trinajstić information content (AvgIpc) is 2.27. The van der Waals surface area contributed by atoms with Gasteiger partial charge in [-0.25, -0.2) is 4.39 Å². The van der Waals surface area contributed by atoms with Crippen molar-refractivity contribution < 1.29 is 9.50 Å². The Kier molecular flexibility index (Phi) is 3.91. The molecule has 0 bridgehead atoms. The fourth-order valence-electron chi connectivity index (χ4n) is 2.69. The molecule has 1 aliphatic rings. The quantitative estimate of drug-likeness (QED) is 0.835. The standard InChI is InChI=1S/C15H22FNO/c1-3-15(7-4-8-15)10-17-11(2)13-6-5-12(16)9-14(13)18/h5-6,9,11,17-18H,3-4,7-8,10H2,1-2H3. The highest BCUT2D eigenvalue weighted by Crippen LogP contribution is 2.43. The lowest BCUT2D eigenvalue weighted by Crippen LogP contribution is -2.40. The molecule has 0 heterocycles. The van der Waals surface area contributed by atoms with E-state index in [0.717, 1.165) is 12.1 Å². The maximum atomic E-state index is 12.9. The smallest absolute Gasteiger partial charge is 0.126 e. The van der Waals surface area contributed by atoms with E-state index in [4.69, 9.17) is 0 Å². The molecule has 2 N–H and O–H groups in total. The van der Waals surface area contributed by atoms with Crippen LogP contribution in [0, 0.1) is 11.2 Å². The van der Waals surface area contributed by atoms with Crippen LogP contribution in [0.3, 0.4) is 0 Å². The summed E-state index contributed by atoms with van der Waals surface area (Å²) in [5, 5.41) is 13.2. The molecule has 1 saturated carbocycles. The second kappa shape index (κ2) is 5.27. The molecule has 0 radical (unpaired) electrons. The fourth-order valence-corrected chi connectivity index (χ4v) is 2.69. The van der Waals surface area contributed by atoms with Gasteiger partial charge in [-0.05, 0) is 37.7 Å². The van der Waals surface area contributed by atoms with Gasteiger partial charge in [0, 0.05) is 24.2 Å². The molecule has 1 aromatic carbocycles. The molecule has 3 heteroatoms. The van der Waals surface area contributed by atoms with Crippen LogP contribution in [-0.4, -0.2) is 11.7 Å². The monoisotopic (exact) mass is 251 g/mol. The minimum absolute atomic E-state index is 0.0363. The van der Waals surface area contributed by atoms with Crippen molar-refractivity contribution in [2.75, 3.05) is 6.54 Å². The number of benzene rings is 1. The maximum Gasteiger partial charge on any atom is 0.126 e. The summed E-state index contributed by atoms with van der Waals surface area (Å²) < 4.78 is 12.9.